The van der Waals surface area contributed by atoms with Crippen LogP contribution in [-0.2, 0) is 0 Å². The minimum atomic E-state index is -0.677. The van der Waals surface area contributed by atoms with Gasteiger partial charge < -0.3 is 14.5 Å². The van der Waals surface area contributed by atoms with Gasteiger partial charge in [0.15, 0.2) is 0 Å². The van der Waals surface area contributed by atoms with E-state index < -0.39 is 11.5 Å². The van der Waals surface area contributed by atoms with Crippen molar-refractivity contribution in [2.45, 2.75) is 0 Å². The quantitative estimate of drug-likeness (QED) is 0.293. The molecule has 5 nitrogen and oxygen atoms in total. The van der Waals surface area contributed by atoms with Gasteiger partial charge >= 0.3 is 5.63 Å². The van der Waals surface area contributed by atoms with Crippen LogP contribution in [-0.4, -0.2) is 5.91 Å². The summed E-state index contributed by atoms with van der Waals surface area (Å²) in [5, 5.41) is 5.39. The summed E-state index contributed by atoms with van der Waals surface area (Å²) in [4.78, 5) is 25.2. The van der Waals surface area contributed by atoms with Crippen molar-refractivity contribution in [3.05, 3.63) is 113 Å². The minimum Gasteiger partial charge on any atom is -0.457 e. The molecule has 0 aliphatic heterocycles. The largest absolute Gasteiger partial charge is 0.457 e. The van der Waals surface area contributed by atoms with E-state index in [-0.39, 0.29) is 5.56 Å². The topological polar surface area (TPSA) is 68.5 Å². The standard InChI is InChI=1S/C26H17NO4/c28-25(27-18-11-13-20(14-12-18)30-19-7-2-1-3-8-19)23-16-22-21-9-5-4-6-17(21)10-15-24(22)31-26(23)29/h1-16H,(H,27,28). The molecule has 1 heterocycles. The van der Waals surface area contributed by atoms with E-state index in [1.807, 2.05) is 60.7 Å². The lowest BCUT2D eigenvalue weighted by atomic mass is 10.0. The van der Waals surface area contributed by atoms with E-state index in [4.69, 9.17) is 9.15 Å². The third kappa shape index (κ3) is 3.76. The number of amides is 1. The van der Waals surface area contributed by atoms with E-state index in [9.17, 15) is 9.59 Å². The summed E-state index contributed by atoms with van der Waals surface area (Å²) in [6.07, 6.45) is 0. The van der Waals surface area contributed by atoms with Crippen molar-refractivity contribution in [1.29, 1.82) is 0 Å². The number of fused-ring (bicyclic) bond motifs is 3. The molecule has 0 aliphatic rings. The van der Waals surface area contributed by atoms with Crippen molar-refractivity contribution < 1.29 is 13.9 Å². The SMILES string of the molecule is O=C(Nc1ccc(Oc2ccccc2)cc1)c1cc2c(ccc3ccccc32)oc1=O. The molecule has 0 bridgehead atoms. The zero-order valence-corrected chi connectivity index (χ0v) is 16.4. The molecule has 31 heavy (non-hydrogen) atoms. The molecule has 5 aromatic rings. The first-order valence-electron chi connectivity index (χ1n) is 9.77. The van der Waals surface area contributed by atoms with E-state index >= 15 is 0 Å². The van der Waals surface area contributed by atoms with Crippen LogP contribution < -0.4 is 15.7 Å². The molecule has 1 aromatic heterocycles. The Morgan fingerprint density at radius 3 is 2.26 bits per heavy atom. The minimum absolute atomic E-state index is 0.0477. The van der Waals surface area contributed by atoms with Gasteiger partial charge in [0.05, 0.1) is 0 Å². The first kappa shape index (κ1) is 18.6. The smallest absolute Gasteiger partial charge is 0.349 e. The van der Waals surface area contributed by atoms with Gasteiger partial charge in [-0.2, -0.15) is 0 Å². The average Bonchev–Trinajstić information content (AvgIpc) is 2.80. The highest BCUT2D eigenvalue weighted by Gasteiger charge is 2.15. The molecular weight excluding hydrogens is 390 g/mol. The highest BCUT2D eigenvalue weighted by molar-refractivity contribution is 6.10. The van der Waals surface area contributed by atoms with Crippen LogP contribution in [0.2, 0.25) is 0 Å². The van der Waals surface area contributed by atoms with Gasteiger partial charge in [-0.1, -0.05) is 48.5 Å². The Morgan fingerprint density at radius 2 is 1.45 bits per heavy atom. The van der Waals surface area contributed by atoms with Crippen LogP contribution in [0, 0.1) is 0 Å². The predicted octanol–water partition coefficient (Wildman–Crippen LogP) is 5.99. The molecule has 0 aliphatic carbocycles. The van der Waals surface area contributed by atoms with Crippen molar-refractivity contribution in [2.24, 2.45) is 0 Å². The summed E-state index contributed by atoms with van der Waals surface area (Å²) in [5.41, 5.74) is 0.267. The Morgan fingerprint density at radius 1 is 0.742 bits per heavy atom. The number of anilines is 1. The number of ether oxygens (including phenoxy) is 1. The van der Waals surface area contributed by atoms with Crippen molar-refractivity contribution in [1.82, 2.24) is 0 Å². The van der Waals surface area contributed by atoms with Gasteiger partial charge in [-0.05, 0) is 59.3 Å². The van der Waals surface area contributed by atoms with Crippen LogP contribution in [0.4, 0.5) is 5.69 Å². The summed E-state index contributed by atoms with van der Waals surface area (Å²) < 4.78 is 11.2. The van der Waals surface area contributed by atoms with E-state index in [0.29, 0.717) is 17.0 Å². The summed E-state index contributed by atoms with van der Waals surface area (Å²) >= 11 is 0. The Hall–Kier alpha value is -4.38. The average molecular weight is 407 g/mol. The van der Waals surface area contributed by atoms with Crippen molar-refractivity contribution in [3.8, 4) is 11.5 Å². The number of hydrogen-bond donors (Lipinski definition) is 1. The number of nitrogens with one attached hydrogen (secondary N) is 1. The number of rotatable bonds is 4. The van der Waals surface area contributed by atoms with Gasteiger partial charge in [0.1, 0.15) is 22.6 Å². The van der Waals surface area contributed by atoms with Crippen molar-refractivity contribution >= 4 is 33.3 Å². The fourth-order valence-electron chi connectivity index (χ4n) is 3.46. The molecule has 0 saturated carbocycles. The van der Waals surface area contributed by atoms with Crippen LogP contribution in [0.3, 0.4) is 0 Å². The lowest BCUT2D eigenvalue weighted by Gasteiger charge is -2.09. The zero-order valence-electron chi connectivity index (χ0n) is 16.4. The predicted molar refractivity (Wildman–Crippen MR) is 121 cm³/mol. The molecule has 5 rings (SSSR count). The summed E-state index contributed by atoms with van der Waals surface area (Å²) in [5.74, 6) is 0.835. The summed E-state index contributed by atoms with van der Waals surface area (Å²) in [6.45, 7) is 0. The molecule has 5 heteroatoms. The molecule has 0 saturated heterocycles. The second-order valence-electron chi connectivity index (χ2n) is 7.04. The second-order valence-corrected chi connectivity index (χ2v) is 7.04. The van der Waals surface area contributed by atoms with E-state index in [1.54, 1.807) is 36.4 Å². The van der Waals surface area contributed by atoms with Gasteiger partial charge in [-0.25, -0.2) is 4.79 Å². The van der Waals surface area contributed by atoms with Gasteiger partial charge in [0, 0.05) is 11.1 Å². The van der Waals surface area contributed by atoms with E-state index in [2.05, 4.69) is 5.32 Å². The lowest BCUT2D eigenvalue weighted by molar-refractivity contribution is 0.102. The molecule has 1 amide bonds. The number of para-hydroxylation sites is 1. The molecule has 0 spiro atoms. The van der Waals surface area contributed by atoms with Gasteiger partial charge in [-0.3, -0.25) is 4.79 Å². The molecular formula is C26H17NO4. The highest BCUT2D eigenvalue weighted by atomic mass is 16.5. The van der Waals surface area contributed by atoms with Crippen LogP contribution in [0.1, 0.15) is 10.4 Å². The molecule has 0 atom stereocenters. The number of hydrogen-bond acceptors (Lipinski definition) is 4. The van der Waals surface area contributed by atoms with Gasteiger partial charge in [0.2, 0.25) is 0 Å². The third-order valence-electron chi connectivity index (χ3n) is 4.98. The Bertz CT molecular complexity index is 1450. The van der Waals surface area contributed by atoms with Crippen molar-refractivity contribution in [2.75, 3.05) is 5.32 Å². The second kappa shape index (κ2) is 7.80. The number of benzene rings is 4. The van der Waals surface area contributed by atoms with Crippen LogP contribution >= 0.6 is 0 Å². The van der Waals surface area contributed by atoms with Gasteiger partial charge in [-0.15, -0.1) is 0 Å². The first-order chi connectivity index (χ1) is 15.2. The fourth-order valence-corrected chi connectivity index (χ4v) is 3.46. The molecule has 0 unspecified atom stereocenters. The normalized spacial score (nSPS) is 10.8. The highest BCUT2D eigenvalue weighted by Crippen LogP contribution is 2.26. The van der Waals surface area contributed by atoms with Gasteiger partial charge in [0.25, 0.3) is 5.91 Å². The Labute approximate surface area is 177 Å². The maximum Gasteiger partial charge on any atom is 0.349 e. The lowest BCUT2D eigenvalue weighted by Crippen LogP contribution is -2.20. The Balaban J connectivity index is 1.41. The maximum atomic E-state index is 12.8. The third-order valence-corrected chi connectivity index (χ3v) is 4.98. The molecule has 0 fully saturated rings. The van der Waals surface area contributed by atoms with Crippen molar-refractivity contribution in [3.63, 3.8) is 0 Å². The van der Waals surface area contributed by atoms with Crippen LogP contribution in [0.15, 0.2) is 106 Å². The summed E-state index contributed by atoms with van der Waals surface area (Å²) in [7, 11) is 0. The number of carbonyl (C=O) groups excluding carboxylic acids is 1. The monoisotopic (exact) mass is 407 g/mol. The molecule has 4 aromatic carbocycles. The molecule has 0 radical (unpaired) electrons. The zero-order chi connectivity index (χ0) is 21.2. The number of carbonyl (C=O) groups is 1. The van der Waals surface area contributed by atoms with Crippen LogP contribution in [0.25, 0.3) is 21.7 Å². The van der Waals surface area contributed by atoms with E-state index in [0.717, 1.165) is 21.9 Å². The van der Waals surface area contributed by atoms with E-state index in [1.165, 1.54) is 0 Å². The summed E-state index contributed by atoms with van der Waals surface area (Å²) in [6, 6.07) is 29.3. The Kier molecular flexibility index (Phi) is 4.69. The molecule has 150 valence electrons. The maximum absolute atomic E-state index is 12.8. The van der Waals surface area contributed by atoms with Crippen LogP contribution in [0.5, 0.6) is 11.5 Å². The fraction of sp³-hybridized carbons (Fsp3) is 0. The molecule has 1 N–H and O–H groups in total. The first-order valence-corrected chi connectivity index (χ1v) is 9.77.